The summed E-state index contributed by atoms with van der Waals surface area (Å²) >= 11 is 0. The van der Waals surface area contributed by atoms with Gasteiger partial charge in [0.1, 0.15) is 6.10 Å². The Hall–Kier alpha value is -1.94. The Bertz CT molecular complexity index is 595. The number of fused-ring (bicyclic) bond motifs is 1. The number of ether oxygens (including phenoxy) is 1. The van der Waals surface area contributed by atoms with Crippen LogP contribution in [-0.2, 0) is 13.0 Å². The SMILES string of the molecule is Cc1ccc(C(C)Oc2nccc3c2CNCC3)cn1. The predicted octanol–water partition coefficient (Wildman–Crippen LogP) is 2.57. The fraction of sp³-hybridized carbons (Fsp3) is 0.375. The summed E-state index contributed by atoms with van der Waals surface area (Å²) in [7, 11) is 0. The molecule has 104 valence electrons. The maximum atomic E-state index is 6.05. The van der Waals surface area contributed by atoms with Crippen LogP contribution in [0.4, 0.5) is 0 Å². The third kappa shape index (κ3) is 2.65. The fourth-order valence-electron chi connectivity index (χ4n) is 2.43. The minimum absolute atomic E-state index is 0.0518. The minimum atomic E-state index is -0.0518. The molecule has 1 N–H and O–H groups in total. The number of aryl methyl sites for hydroxylation is 1. The van der Waals surface area contributed by atoms with E-state index in [-0.39, 0.29) is 6.10 Å². The van der Waals surface area contributed by atoms with Crippen LogP contribution in [0.3, 0.4) is 0 Å². The molecule has 0 radical (unpaired) electrons. The average Bonchev–Trinajstić information content (AvgIpc) is 2.48. The Morgan fingerprint density at radius 1 is 1.25 bits per heavy atom. The molecular formula is C16H19N3O. The van der Waals surface area contributed by atoms with Crippen LogP contribution in [0.25, 0.3) is 0 Å². The van der Waals surface area contributed by atoms with E-state index < -0.39 is 0 Å². The van der Waals surface area contributed by atoms with E-state index in [1.54, 1.807) is 0 Å². The van der Waals surface area contributed by atoms with Gasteiger partial charge in [0.25, 0.3) is 0 Å². The summed E-state index contributed by atoms with van der Waals surface area (Å²) in [4.78, 5) is 8.71. The summed E-state index contributed by atoms with van der Waals surface area (Å²) in [6.45, 7) is 5.87. The summed E-state index contributed by atoms with van der Waals surface area (Å²) in [5.74, 6) is 0.739. The highest BCUT2D eigenvalue weighted by Gasteiger charge is 2.17. The summed E-state index contributed by atoms with van der Waals surface area (Å²) < 4.78 is 6.05. The molecule has 1 aliphatic heterocycles. The Morgan fingerprint density at radius 3 is 2.95 bits per heavy atom. The zero-order valence-corrected chi connectivity index (χ0v) is 11.9. The number of pyridine rings is 2. The van der Waals surface area contributed by atoms with Crippen molar-refractivity contribution in [2.75, 3.05) is 6.54 Å². The normalized spacial score (nSPS) is 15.5. The van der Waals surface area contributed by atoms with Gasteiger partial charge in [-0.2, -0.15) is 0 Å². The van der Waals surface area contributed by atoms with Crippen molar-refractivity contribution < 1.29 is 4.74 Å². The molecule has 0 aliphatic carbocycles. The van der Waals surface area contributed by atoms with Gasteiger partial charge in [-0.25, -0.2) is 4.98 Å². The highest BCUT2D eigenvalue weighted by atomic mass is 16.5. The standard InChI is InChI=1S/C16H19N3O/c1-11-3-4-14(9-19-11)12(2)20-16-15-10-17-7-5-13(15)6-8-18-16/h3-4,6,8-9,12,17H,5,7,10H2,1-2H3. The molecule has 0 amide bonds. The monoisotopic (exact) mass is 269 g/mol. The van der Waals surface area contributed by atoms with Crippen molar-refractivity contribution in [2.45, 2.75) is 32.9 Å². The second kappa shape index (κ2) is 5.59. The second-order valence-electron chi connectivity index (χ2n) is 5.17. The molecule has 0 aromatic carbocycles. The summed E-state index contributed by atoms with van der Waals surface area (Å²) in [5.41, 5.74) is 4.60. The van der Waals surface area contributed by atoms with Crippen molar-refractivity contribution in [1.29, 1.82) is 0 Å². The molecule has 0 fully saturated rings. The maximum absolute atomic E-state index is 6.05. The molecule has 0 spiro atoms. The predicted molar refractivity (Wildman–Crippen MR) is 77.7 cm³/mol. The lowest BCUT2D eigenvalue weighted by molar-refractivity contribution is 0.213. The number of rotatable bonds is 3. The van der Waals surface area contributed by atoms with Crippen molar-refractivity contribution in [2.24, 2.45) is 0 Å². The molecule has 1 atom stereocenters. The zero-order chi connectivity index (χ0) is 13.9. The van der Waals surface area contributed by atoms with E-state index in [9.17, 15) is 0 Å². The van der Waals surface area contributed by atoms with Crippen LogP contribution >= 0.6 is 0 Å². The Morgan fingerprint density at radius 2 is 2.15 bits per heavy atom. The van der Waals surface area contributed by atoms with Crippen LogP contribution < -0.4 is 10.1 Å². The van der Waals surface area contributed by atoms with Crippen LogP contribution in [0.2, 0.25) is 0 Å². The van der Waals surface area contributed by atoms with Crippen LogP contribution in [0.15, 0.2) is 30.6 Å². The highest BCUT2D eigenvalue weighted by Crippen LogP contribution is 2.26. The van der Waals surface area contributed by atoms with E-state index in [1.165, 1.54) is 11.1 Å². The van der Waals surface area contributed by atoms with Gasteiger partial charge in [-0.1, -0.05) is 6.07 Å². The van der Waals surface area contributed by atoms with Crippen molar-refractivity contribution in [3.05, 3.63) is 53.0 Å². The quantitative estimate of drug-likeness (QED) is 0.930. The first-order valence-electron chi connectivity index (χ1n) is 7.01. The van der Waals surface area contributed by atoms with Gasteiger partial charge in [-0.05, 0) is 44.5 Å². The molecule has 1 unspecified atom stereocenters. The first-order chi connectivity index (χ1) is 9.74. The number of hydrogen-bond acceptors (Lipinski definition) is 4. The van der Waals surface area contributed by atoms with Gasteiger partial charge in [0, 0.05) is 35.8 Å². The number of hydrogen-bond donors (Lipinski definition) is 1. The topological polar surface area (TPSA) is 47.0 Å². The first-order valence-corrected chi connectivity index (χ1v) is 7.01. The summed E-state index contributed by atoms with van der Waals surface area (Å²) in [5, 5.41) is 3.37. The first kappa shape index (κ1) is 13.1. The second-order valence-corrected chi connectivity index (χ2v) is 5.17. The lowest BCUT2D eigenvalue weighted by Gasteiger charge is -2.21. The lowest BCUT2D eigenvalue weighted by atomic mass is 10.0. The maximum Gasteiger partial charge on any atom is 0.218 e. The highest BCUT2D eigenvalue weighted by molar-refractivity contribution is 5.36. The van der Waals surface area contributed by atoms with Crippen molar-refractivity contribution >= 4 is 0 Å². The van der Waals surface area contributed by atoms with Gasteiger partial charge >= 0.3 is 0 Å². The minimum Gasteiger partial charge on any atom is -0.469 e. The van der Waals surface area contributed by atoms with Crippen LogP contribution in [0.1, 0.15) is 35.4 Å². The number of nitrogens with zero attached hydrogens (tertiary/aromatic N) is 2. The van der Waals surface area contributed by atoms with Crippen molar-refractivity contribution in [3.8, 4) is 5.88 Å². The Balaban J connectivity index is 1.82. The molecule has 2 aromatic rings. The van der Waals surface area contributed by atoms with E-state index in [1.807, 2.05) is 32.3 Å². The lowest BCUT2D eigenvalue weighted by Crippen LogP contribution is -2.24. The summed E-state index contributed by atoms with van der Waals surface area (Å²) in [6, 6.07) is 6.15. The smallest absolute Gasteiger partial charge is 0.218 e. The van der Waals surface area contributed by atoms with Gasteiger partial charge in [-0.3, -0.25) is 4.98 Å². The van der Waals surface area contributed by atoms with Gasteiger partial charge in [0.2, 0.25) is 5.88 Å². The van der Waals surface area contributed by atoms with E-state index >= 15 is 0 Å². The molecule has 1 aliphatic rings. The molecular weight excluding hydrogens is 250 g/mol. The van der Waals surface area contributed by atoms with Crippen molar-refractivity contribution in [1.82, 2.24) is 15.3 Å². The van der Waals surface area contributed by atoms with Crippen LogP contribution in [0.5, 0.6) is 5.88 Å². The molecule has 0 bridgehead atoms. The third-order valence-electron chi connectivity index (χ3n) is 3.68. The number of nitrogens with one attached hydrogen (secondary N) is 1. The zero-order valence-electron chi connectivity index (χ0n) is 11.9. The van der Waals surface area contributed by atoms with Gasteiger partial charge in [0.05, 0.1) is 0 Å². The molecule has 0 saturated carbocycles. The molecule has 0 saturated heterocycles. The van der Waals surface area contributed by atoms with Crippen molar-refractivity contribution in [3.63, 3.8) is 0 Å². The molecule has 20 heavy (non-hydrogen) atoms. The Kier molecular flexibility index (Phi) is 3.65. The van der Waals surface area contributed by atoms with Gasteiger partial charge in [0.15, 0.2) is 0 Å². The molecule has 2 aromatic heterocycles. The largest absolute Gasteiger partial charge is 0.469 e. The Labute approximate surface area is 119 Å². The average molecular weight is 269 g/mol. The molecule has 3 rings (SSSR count). The molecule has 4 heteroatoms. The van der Waals surface area contributed by atoms with E-state index in [0.29, 0.717) is 0 Å². The van der Waals surface area contributed by atoms with Gasteiger partial charge < -0.3 is 10.1 Å². The van der Waals surface area contributed by atoms with E-state index in [2.05, 4.69) is 27.4 Å². The van der Waals surface area contributed by atoms with Crippen LogP contribution in [0, 0.1) is 6.92 Å². The number of aromatic nitrogens is 2. The van der Waals surface area contributed by atoms with Gasteiger partial charge in [-0.15, -0.1) is 0 Å². The van der Waals surface area contributed by atoms with E-state index in [4.69, 9.17) is 4.74 Å². The molecule has 4 nitrogen and oxygen atoms in total. The fourth-order valence-corrected chi connectivity index (χ4v) is 2.43. The third-order valence-corrected chi connectivity index (χ3v) is 3.68. The summed E-state index contributed by atoms with van der Waals surface area (Å²) in [6.07, 6.45) is 4.69. The van der Waals surface area contributed by atoms with E-state index in [0.717, 1.165) is 36.6 Å². The molecule has 3 heterocycles. The van der Waals surface area contributed by atoms with Crippen LogP contribution in [-0.4, -0.2) is 16.5 Å².